The second kappa shape index (κ2) is 4.94. The van der Waals surface area contributed by atoms with Gasteiger partial charge in [-0.2, -0.15) is 0 Å². The predicted molar refractivity (Wildman–Crippen MR) is 63.9 cm³/mol. The molecule has 1 aliphatic rings. The number of aliphatic hydroxyl groups excluding tert-OH is 1. The first kappa shape index (κ1) is 12.8. The first-order valence-corrected chi connectivity index (χ1v) is 7.20. The number of hydrogen-bond donors (Lipinski definition) is 1. The second-order valence-corrected chi connectivity index (χ2v) is 6.49. The smallest absolute Gasteiger partial charge is 0.187 e. The van der Waals surface area contributed by atoms with Gasteiger partial charge in [0.2, 0.25) is 0 Å². The summed E-state index contributed by atoms with van der Waals surface area (Å²) in [6.45, 7) is 0.393. The van der Waals surface area contributed by atoms with Crippen molar-refractivity contribution in [2.24, 2.45) is 0 Å². The highest BCUT2D eigenvalue weighted by molar-refractivity contribution is 7.92. The third kappa shape index (κ3) is 2.47. The van der Waals surface area contributed by atoms with E-state index >= 15 is 0 Å². The minimum Gasteiger partial charge on any atom is -0.392 e. The van der Waals surface area contributed by atoms with Crippen LogP contribution in [-0.2, 0) is 14.6 Å². The van der Waals surface area contributed by atoms with Crippen molar-refractivity contribution in [1.82, 2.24) is 0 Å². The lowest BCUT2D eigenvalue weighted by Crippen LogP contribution is -2.42. The Bertz CT molecular complexity index is 500. The van der Waals surface area contributed by atoms with Crippen LogP contribution in [0.5, 0.6) is 0 Å². The van der Waals surface area contributed by atoms with E-state index in [1.807, 2.05) is 0 Å². The average Bonchev–Trinajstić information content (AvgIpc) is 2.29. The highest BCUT2D eigenvalue weighted by atomic mass is 35.5. The van der Waals surface area contributed by atoms with Crippen LogP contribution in [-0.4, -0.2) is 38.1 Å². The Morgan fingerprint density at radius 3 is 2.71 bits per heavy atom. The van der Waals surface area contributed by atoms with Crippen LogP contribution >= 0.6 is 11.6 Å². The molecular weight excluding hydrogens is 264 g/mol. The molecule has 17 heavy (non-hydrogen) atoms. The Hall–Kier alpha value is -0.620. The summed E-state index contributed by atoms with van der Waals surface area (Å²) in [5.74, 6) is 0. The van der Waals surface area contributed by atoms with Gasteiger partial charge in [-0.05, 0) is 18.6 Å². The number of hydrogen-bond acceptors (Lipinski definition) is 4. The van der Waals surface area contributed by atoms with E-state index in [-0.39, 0.29) is 16.5 Å². The second-order valence-electron chi connectivity index (χ2n) is 3.94. The van der Waals surface area contributed by atoms with Crippen LogP contribution in [0.25, 0.3) is 0 Å². The van der Waals surface area contributed by atoms with Crippen molar-refractivity contribution in [3.05, 3.63) is 29.3 Å². The summed E-state index contributed by atoms with van der Waals surface area (Å²) in [7, 11) is -3.65. The third-order valence-electron chi connectivity index (χ3n) is 2.81. The van der Waals surface area contributed by atoms with E-state index in [1.165, 1.54) is 12.1 Å². The lowest BCUT2D eigenvalue weighted by Gasteiger charge is -2.27. The molecule has 94 valence electrons. The molecule has 1 saturated heterocycles. The molecule has 4 nitrogen and oxygen atoms in total. The molecule has 0 saturated carbocycles. The number of aliphatic hydroxyl groups is 1. The predicted octanol–water partition coefficient (Wildman–Crippen LogP) is 1.26. The zero-order valence-electron chi connectivity index (χ0n) is 9.04. The van der Waals surface area contributed by atoms with Crippen molar-refractivity contribution in [3.63, 3.8) is 0 Å². The van der Waals surface area contributed by atoms with Crippen molar-refractivity contribution < 1.29 is 18.3 Å². The summed E-state index contributed by atoms with van der Waals surface area (Å²) in [6.07, 6.45) is -0.570. The highest BCUT2D eigenvalue weighted by Gasteiger charge is 2.37. The quantitative estimate of drug-likeness (QED) is 0.883. The molecule has 1 N–H and O–H groups in total. The molecule has 2 unspecified atom stereocenters. The molecule has 1 fully saturated rings. The van der Waals surface area contributed by atoms with Crippen molar-refractivity contribution in [2.45, 2.75) is 22.7 Å². The average molecular weight is 277 g/mol. The molecule has 0 aromatic heterocycles. The van der Waals surface area contributed by atoms with Gasteiger partial charge in [-0.3, -0.25) is 0 Å². The minimum atomic E-state index is -3.65. The van der Waals surface area contributed by atoms with E-state index in [2.05, 4.69) is 0 Å². The number of halogens is 1. The minimum absolute atomic E-state index is 0.00865. The summed E-state index contributed by atoms with van der Waals surface area (Å²) in [4.78, 5) is 0.0521. The van der Waals surface area contributed by atoms with E-state index in [0.29, 0.717) is 13.0 Å². The molecule has 0 aliphatic carbocycles. The molecule has 1 aromatic carbocycles. The maximum absolute atomic E-state index is 12.3. The van der Waals surface area contributed by atoms with E-state index in [4.69, 9.17) is 16.3 Å². The van der Waals surface area contributed by atoms with Crippen molar-refractivity contribution in [2.75, 3.05) is 13.2 Å². The Morgan fingerprint density at radius 2 is 2.06 bits per heavy atom. The molecule has 1 heterocycles. The fourth-order valence-electron chi connectivity index (χ4n) is 1.84. The van der Waals surface area contributed by atoms with Crippen LogP contribution in [0.3, 0.4) is 0 Å². The van der Waals surface area contributed by atoms with Gasteiger partial charge in [-0.1, -0.05) is 23.7 Å². The fraction of sp³-hybridized carbons (Fsp3) is 0.455. The fourth-order valence-corrected chi connectivity index (χ4v) is 4.05. The Labute approximate surface area is 105 Å². The molecular formula is C11H13ClO4S. The third-order valence-corrected chi connectivity index (χ3v) is 5.47. The van der Waals surface area contributed by atoms with Gasteiger partial charge in [0.15, 0.2) is 9.84 Å². The van der Waals surface area contributed by atoms with E-state index in [1.54, 1.807) is 12.1 Å². The van der Waals surface area contributed by atoms with E-state index in [0.717, 1.165) is 0 Å². The van der Waals surface area contributed by atoms with Crippen LogP contribution in [0.15, 0.2) is 29.2 Å². The number of rotatable bonds is 2. The maximum atomic E-state index is 12.3. The number of ether oxygens (including phenoxy) is 1. The van der Waals surface area contributed by atoms with Crippen LogP contribution in [0.4, 0.5) is 0 Å². The monoisotopic (exact) mass is 276 g/mol. The van der Waals surface area contributed by atoms with Gasteiger partial charge >= 0.3 is 0 Å². The van der Waals surface area contributed by atoms with Crippen molar-refractivity contribution >= 4 is 21.4 Å². The van der Waals surface area contributed by atoms with Gasteiger partial charge in [-0.25, -0.2) is 8.42 Å². The van der Waals surface area contributed by atoms with Crippen molar-refractivity contribution in [3.8, 4) is 0 Å². The van der Waals surface area contributed by atoms with Crippen LogP contribution in [0.1, 0.15) is 6.42 Å². The van der Waals surface area contributed by atoms with Gasteiger partial charge in [0.1, 0.15) is 5.25 Å². The molecule has 1 aliphatic heterocycles. The summed E-state index contributed by atoms with van der Waals surface area (Å²) in [5, 5.41) is 8.99. The lowest BCUT2D eigenvalue weighted by atomic mass is 10.1. The van der Waals surface area contributed by atoms with Gasteiger partial charge in [0.25, 0.3) is 0 Å². The Balaban J connectivity index is 2.39. The molecule has 0 amide bonds. The van der Waals surface area contributed by atoms with Crippen LogP contribution in [0.2, 0.25) is 5.02 Å². The molecule has 2 rings (SSSR count). The SMILES string of the molecule is O=S(=O)(c1ccccc1Cl)C1COCCC1O. The highest BCUT2D eigenvalue weighted by Crippen LogP contribution is 2.28. The van der Waals surface area contributed by atoms with Gasteiger partial charge in [-0.15, -0.1) is 0 Å². The largest absolute Gasteiger partial charge is 0.392 e. The molecule has 6 heteroatoms. The summed E-state index contributed by atoms with van der Waals surface area (Å²) < 4.78 is 29.7. The molecule has 2 atom stereocenters. The van der Waals surface area contributed by atoms with E-state index in [9.17, 15) is 13.5 Å². The summed E-state index contributed by atoms with van der Waals surface area (Å²) in [6, 6.07) is 6.23. The van der Waals surface area contributed by atoms with Gasteiger partial charge in [0, 0.05) is 6.61 Å². The molecule has 1 aromatic rings. The zero-order valence-corrected chi connectivity index (χ0v) is 10.6. The standard InChI is InChI=1S/C11H13ClO4S/c12-8-3-1-2-4-10(8)17(14,15)11-7-16-6-5-9(11)13/h1-4,9,11,13H,5-7H2. The van der Waals surface area contributed by atoms with Crippen LogP contribution < -0.4 is 0 Å². The topological polar surface area (TPSA) is 63.6 Å². The van der Waals surface area contributed by atoms with Crippen LogP contribution in [0, 0.1) is 0 Å². The maximum Gasteiger partial charge on any atom is 0.187 e. The normalized spacial score (nSPS) is 25.8. The molecule has 0 spiro atoms. The number of benzene rings is 1. The van der Waals surface area contributed by atoms with Gasteiger partial charge in [0.05, 0.1) is 22.6 Å². The Kier molecular flexibility index (Phi) is 3.73. The summed E-state index contributed by atoms with van der Waals surface area (Å²) >= 11 is 5.87. The molecule has 0 bridgehead atoms. The van der Waals surface area contributed by atoms with Crippen molar-refractivity contribution in [1.29, 1.82) is 0 Å². The zero-order chi connectivity index (χ0) is 12.5. The first-order valence-electron chi connectivity index (χ1n) is 5.27. The Morgan fingerprint density at radius 1 is 1.35 bits per heavy atom. The lowest BCUT2D eigenvalue weighted by molar-refractivity contribution is 0.0175. The summed E-state index contributed by atoms with van der Waals surface area (Å²) in [5.41, 5.74) is 0. The number of sulfone groups is 1. The van der Waals surface area contributed by atoms with E-state index < -0.39 is 21.2 Å². The van der Waals surface area contributed by atoms with Gasteiger partial charge < -0.3 is 9.84 Å². The molecule has 0 radical (unpaired) electrons. The first-order chi connectivity index (χ1) is 8.03.